The standard InChI is InChI=1S/C24H18S4/c1-15-7-11-27-23(15)19-13-18(22-6-4-10-26-22)20(24-16(2)8-12-28-24)14-17(19)21-5-3-9-25-21/h3-14H,1-2H3. The highest BCUT2D eigenvalue weighted by atomic mass is 32.1. The summed E-state index contributed by atoms with van der Waals surface area (Å²) in [5.41, 5.74) is 8.06. The molecule has 4 heterocycles. The van der Waals surface area contributed by atoms with Crippen LogP contribution in [0.1, 0.15) is 11.1 Å². The highest BCUT2D eigenvalue weighted by Crippen LogP contribution is 2.47. The third-order valence-electron chi connectivity index (χ3n) is 4.94. The van der Waals surface area contributed by atoms with Gasteiger partial charge in [0.25, 0.3) is 0 Å². The van der Waals surface area contributed by atoms with Gasteiger partial charge in [-0.05, 0) is 82.9 Å². The average molecular weight is 435 g/mol. The number of benzene rings is 1. The Hall–Kier alpha value is -1.98. The van der Waals surface area contributed by atoms with Crippen molar-refractivity contribution in [2.45, 2.75) is 13.8 Å². The summed E-state index contributed by atoms with van der Waals surface area (Å²) in [6, 6.07) is 18.1. The van der Waals surface area contributed by atoms with Crippen LogP contribution in [0.3, 0.4) is 0 Å². The molecule has 138 valence electrons. The van der Waals surface area contributed by atoms with Gasteiger partial charge in [-0.15, -0.1) is 45.3 Å². The number of aryl methyl sites for hydroxylation is 2. The average Bonchev–Trinajstić information content (AvgIpc) is 3.49. The highest BCUT2D eigenvalue weighted by Gasteiger charge is 2.19. The fourth-order valence-corrected chi connectivity index (χ4v) is 6.97. The summed E-state index contributed by atoms with van der Waals surface area (Å²) in [6.07, 6.45) is 0. The van der Waals surface area contributed by atoms with Crippen LogP contribution in [-0.4, -0.2) is 0 Å². The van der Waals surface area contributed by atoms with Crippen LogP contribution in [0.4, 0.5) is 0 Å². The summed E-state index contributed by atoms with van der Waals surface area (Å²) in [6.45, 7) is 4.43. The Morgan fingerprint density at radius 2 is 0.964 bits per heavy atom. The van der Waals surface area contributed by atoms with E-state index in [0.717, 1.165) is 0 Å². The quantitative estimate of drug-likeness (QED) is 0.264. The van der Waals surface area contributed by atoms with E-state index in [0.29, 0.717) is 0 Å². The summed E-state index contributed by atoms with van der Waals surface area (Å²) in [7, 11) is 0. The maximum absolute atomic E-state index is 2.42. The molecule has 0 spiro atoms. The van der Waals surface area contributed by atoms with Gasteiger partial charge in [-0.25, -0.2) is 0 Å². The van der Waals surface area contributed by atoms with E-state index in [-0.39, 0.29) is 0 Å². The fraction of sp³-hybridized carbons (Fsp3) is 0.0833. The zero-order valence-corrected chi connectivity index (χ0v) is 18.8. The van der Waals surface area contributed by atoms with E-state index in [9.17, 15) is 0 Å². The van der Waals surface area contributed by atoms with Crippen molar-refractivity contribution < 1.29 is 0 Å². The molecule has 5 aromatic rings. The number of hydrogen-bond acceptors (Lipinski definition) is 4. The van der Waals surface area contributed by atoms with Crippen molar-refractivity contribution in [3.63, 3.8) is 0 Å². The molecule has 28 heavy (non-hydrogen) atoms. The molecule has 0 N–H and O–H groups in total. The topological polar surface area (TPSA) is 0 Å². The van der Waals surface area contributed by atoms with Crippen LogP contribution in [-0.2, 0) is 0 Å². The Morgan fingerprint density at radius 1 is 0.500 bits per heavy atom. The molecule has 4 heteroatoms. The molecule has 0 aliphatic heterocycles. The van der Waals surface area contributed by atoms with Crippen LogP contribution >= 0.6 is 45.3 Å². The van der Waals surface area contributed by atoms with Crippen LogP contribution < -0.4 is 0 Å². The van der Waals surface area contributed by atoms with Crippen LogP contribution in [0.2, 0.25) is 0 Å². The van der Waals surface area contributed by atoms with Gasteiger partial charge >= 0.3 is 0 Å². The monoisotopic (exact) mass is 434 g/mol. The van der Waals surface area contributed by atoms with Gasteiger partial charge in [0.05, 0.1) is 0 Å². The maximum atomic E-state index is 2.42. The van der Waals surface area contributed by atoms with Crippen molar-refractivity contribution in [1.82, 2.24) is 0 Å². The van der Waals surface area contributed by atoms with Crippen LogP contribution in [0.5, 0.6) is 0 Å². The minimum absolute atomic E-state index is 1.33. The molecule has 0 nitrogen and oxygen atoms in total. The van der Waals surface area contributed by atoms with Gasteiger partial charge in [-0.2, -0.15) is 0 Å². The van der Waals surface area contributed by atoms with Crippen molar-refractivity contribution in [1.29, 1.82) is 0 Å². The van der Waals surface area contributed by atoms with Crippen LogP contribution in [0.25, 0.3) is 41.8 Å². The Bertz CT molecular complexity index is 1120. The van der Waals surface area contributed by atoms with E-state index >= 15 is 0 Å². The molecule has 5 rings (SSSR count). The second-order valence-corrected chi connectivity index (χ2v) is 10.5. The Balaban J connectivity index is 1.87. The van der Waals surface area contributed by atoms with Crippen molar-refractivity contribution in [3.05, 3.63) is 81.2 Å². The van der Waals surface area contributed by atoms with E-state index in [2.05, 4.69) is 83.9 Å². The first-order valence-electron chi connectivity index (χ1n) is 9.07. The molecule has 0 amide bonds. The Kier molecular flexibility index (Phi) is 4.81. The zero-order valence-electron chi connectivity index (χ0n) is 15.6. The molecule has 0 aliphatic rings. The molecule has 0 fully saturated rings. The summed E-state index contributed by atoms with van der Waals surface area (Å²) in [4.78, 5) is 5.40. The van der Waals surface area contributed by atoms with Gasteiger partial charge in [-0.1, -0.05) is 12.1 Å². The summed E-state index contributed by atoms with van der Waals surface area (Å²) in [5, 5.41) is 8.74. The van der Waals surface area contributed by atoms with Crippen molar-refractivity contribution in [2.75, 3.05) is 0 Å². The third-order valence-corrected chi connectivity index (χ3v) is 8.85. The zero-order chi connectivity index (χ0) is 19.1. The molecule has 0 radical (unpaired) electrons. The first-order chi connectivity index (χ1) is 13.7. The van der Waals surface area contributed by atoms with Crippen molar-refractivity contribution in [2.24, 2.45) is 0 Å². The Labute approximate surface area is 181 Å². The molecular weight excluding hydrogens is 417 g/mol. The predicted octanol–water partition coefficient (Wildman–Crippen LogP) is 9.22. The van der Waals surface area contributed by atoms with E-state index in [1.807, 2.05) is 45.3 Å². The lowest BCUT2D eigenvalue weighted by molar-refractivity contribution is 1.52. The number of hydrogen-bond donors (Lipinski definition) is 0. The van der Waals surface area contributed by atoms with Crippen LogP contribution in [0, 0.1) is 13.8 Å². The largest absolute Gasteiger partial charge is 0.144 e. The first-order valence-corrected chi connectivity index (χ1v) is 12.6. The molecule has 4 aromatic heterocycles. The van der Waals surface area contributed by atoms with Gasteiger partial charge in [0.15, 0.2) is 0 Å². The lowest BCUT2D eigenvalue weighted by Crippen LogP contribution is -1.90. The van der Waals surface area contributed by atoms with E-state index in [1.54, 1.807) is 0 Å². The van der Waals surface area contributed by atoms with E-state index < -0.39 is 0 Å². The van der Waals surface area contributed by atoms with Gasteiger partial charge in [-0.3, -0.25) is 0 Å². The Morgan fingerprint density at radius 3 is 1.29 bits per heavy atom. The molecule has 0 atom stereocenters. The summed E-state index contributed by atoms with van der Waals surface area (Å²) < 4.78 is 0. The molecule has 0 saturated carbocycles. The lowest BCUT2D eigenvalue weighted by atomic mass is 9.93. The second kappa shape index (κ2) is 7.45. The van der Waals surface area contributed by atoms with Gasteiger partial charge in [0, 0.05) is 41.8 Å². The second-order valence-electron chi connectivity index (χ2n) is 6.76. The van der Waals surface area contributed by atoms with Crippen LogP contribution in [0.15, 0.2) is 70.1 Å². The number of thiophene rings is 4. The fourth-order valence-electron chi connectivity index (χ4n) is 3.54. The molecule has 0 unspecified atom stereocenters. The minimum Gasteiger partial charge on any atom is -0.144 e. The molecule has 0 aliphatic carbocycles. The first kappa shape index (κ1) is 18.1. The molecular formula is C24H18S4. The lowest BCUT2D eigenvalue weighted by Gasteiger charge is -2.16. The molecule has 0 bridgehead atoms. The SMILES string of the molecule is Cc1ccsc1-c1cc(-c2cccs2)c(-c2sccc2C)cc1-c1cccs1. The maximum Gasteiger partial charge on any atom is 0.0378 e. The molecule has 1 aromatic carbocycles. The van der Waals surface area contributed by atoms with E-state index in [4.69, 9.17) is 0 Å². The minimum atomic E-state index is 1.33. The summed E-state index contributed by atoms with van der Waals surface area (Å²) in [5.74, 6) is 0. The normalized spacial score (nSPS) is 11.2. The van der Waals surface area contributed by atoms with Gasteiger partial charge in [0.1, 0.15) is 0 Å². The predicted molar refractivity (Wildman–Crippen MR) is 129 cm³/mol. The highest BCUT2D eigenvalue weighted by molar-refractivity contribution is 7.15. The van der Waals surface area contributed by atoms with Gasteiger partial charge in [0.2, 0.25) is 0 Å². The van der Waals surface area contributed by atoms with E-state index in [1.165, 1.54) is 52.9 Å². The molecule has 0 saturated heterocycles. The summed E-state index contributed by atoms with van der Waals surface area (Å²) >= 11 is 7.31. The van der Waals surface area contributed by atoms with Crippen molar-refractivity contribution in [3.8, 4) is 41.8 Å². The number of rotatable bonds is 4. The third kappa shape index (κ3) is 3.11. The smallest absolute Gasteiger partial charge is 0.0378 e. The van der Waals surface area contributed by atoms with Crippen molar-refractivity contribution >= 4 is 45.3 Å². The van der Waals surface area contributed by atoms with Gasteiger partial charge < -0.3 is 0 Å².